The first-order chi connectivity index (χ1) is 13.4. The molecule has 0 atom stereocenters. The second kappa shape index (κ2) is 6.79. The minimum Gasteiger partial charge on any atom is -0.395 e. The number of pyridine rings is 1. The summed E-state index contributed by atoms with van der Waals surface area (Å²) in [5.74, 6) is -0.0107. The van der Waals surface area contributed by atoms with Crippen LogP contribution >= 0.6 is 11.5 Å². The Bertz CT molecular complexity index is 1050. The van der Waals surface area contributed by atoms with Gasteiger partial charge in [0.15, 0.2) is 11.5 Å². The Morgan fingerprint density at radius 2 is 2.00 bits per heavy atom. The molecule has 0 aliphatic carbocycles. The number of carbonyl (C=O) groups is 1. The fourth-order valence-electron chi connectivity index (χ4n) is 2.82. The van der Waals surface area contributed by atoms with Gasteiger partial charge in [-0.3, -0.25) is 4.79 Å². The summed E-state index contributed by atoms with van der Waals surface area (Å²) in [7, 11) is 0. The summed E-state index contributed by atoms with van der Waals surface area (Å²) < 4.78 is 39.2. The van der Waals surface area contributed by atoms with Crippen molar-refractivity contribution in [1.29, 1.82) is 0 Å². The number of anilines is 1. The first-order valence-electron chi connectivity index (χ1n) is 8.36. The lowest BCUT2D eigenvalue weighted by Crippen LogP contribution is -2.25. The van der Waals surface area contributed by atoms with Gasteiger partial charge in [-0.25, -0.2) is 4.98 Å². The second-order valence-corrected chi connectivity index (χ2v) is 6.82. The Hall–Kier alpha value is -3.14. The van der Waals surface area contributed by atoms with E-state index >= 15 is 0 Å². The van der Waals surface area contributed by atoms with Crippen molar-refractivity contribution in [3.63, 3.8) is 0 Å². The van der Waals surface area contributed by atoms with E-state index in [4.69, 9.17) is 0 Å². The standard InChI is InChI=1S/C18H14F2N4O3S/c1-3-12-16(28-24-23-12)17(25)22-15-5-4-10(8-21-15)11-7-14-13(6-9(11)2)26-18(19,20)27-14/h4-8H,3H2,1-2H3,(H,21,22,25). The van der Waals surface area contributed by atoms with Crippen LogP contribution in [0, 0.1) is 6.92 Å². The van der Waals surface area contributed by atoms with Gasteiger partial charge in [-0.2, -0.15) is 0 Å². The molecule has 1 aliphatic heterocycles. The van der Waals surface area contributed by atoms with Gasteiger partial charge in [0.05, 0.1) is 5.69 Å². The highest BCUT2D eigenvalue weighted by Gasteiger charge is 2.43. The molecule has 0 saturated heterocycles. The van der Waals surface area contributed by atoms with Crippen LogP contribution in [0.5, 0.6) is 11.5 Å². The van der Waals surface area contributed by atoms with E-state index in [1.165, 1.54) is 12.1 Å². The molecule has 1 aromatic carbocycles. The van der Waals surface area contributed by atoms with Crippen LogP contribution < -0.4 is 14.8 Å². The van der Waals surface area contributed by atoms with E-state index in [0.717, 1.165) is 17.1 Å². The molecule has 3 aromatic rings. The number of aryl methyl sites for hydroxylation is 2. The smallest absolute Gasteiger partial charge is 0.395 e. The Labute approximate surface area is 162 Å². The summed E-state index contributed by atoms with van der Waals surface area (Å²) in [6.45, 7) is 3.67. The maximum Gasteiger partial charge on any atom is 0.586 e. The fraction of sp³-hybridized carbons (Fsp3) is 0.222. The van der Waals surface area contributed by atoms with Crippen molar-refractivity contribution >= 4 is 23.3 Å². The molecular weight excluding hydrogens is 390 g/mol. The minimum atomic E-state index is -3.66. The van der Waals surface area contributed by atoms with E-state index in [2.05, 4.69) is 29.4 Å². The molecule has 10 heteroatoms. The van der Waals surface area contributed by atoms with Crippen molar-refractivity contribution in [1.82, 2.24) is 14.6 Å². The van der Waals surface area contributed by atoms with E-state index in [-0.39, 0.29) is 17.4 Å². The van der Waals surface area contributed by atoms with E-state index in [0.29, 0.717) is 33.9 Å². The summed E-state index contributed by atoms with van der Waals surface area (Å²) in [5, 5.41) is 6.61. The second-order valence-electron chi connectivity index (χ2n) is 6.07. The SMILES string of the molecule is CCc1nnsc1C(=O)Nc1ccc(-c2cc3c(cc2C)OC(F)(F)O3)cn1. The number of nitrogens with one attached hydrogen (secondary N) is 1. The molecule has 0 spiro atoms. The van der Waals surface area contributed by atoms with Gasteiger partial charge in [-0.1, -0.05) is 11.4 Å². The molecule has 1 aliphatic rings. The number of hydrogen-bond acceptors (Lipinski definition) is 7. The van der Waals surface area contributed by atoms with Crippen molar-refractivity contribution in [3.8, 4) is 22.6 Å². The first-order valence-corrected chi connectivity index (χ1v) is 9.13. The van der Waals surface area contributed by atoms with Gasteiger partial charge >= 0.3 is 6.29 Å². The van der Waals surface area contributed by atoms with E-state index < -0.39 is 6.29 Å². The predicted octanol–water partition coefficient (Wildman–Crippen LogP) is 4.04. The number of nitrogens with zero attached hydrogens (tertiary/aromatic N) is 3. The van der Waals surface area contributed by atoms with Gasteiger partial charge in [0.1, 0.15) is 10.7 Å². The molecule has 1 amide bonds. The third-order valence-corrected chi connectivity index (χ3v) is 4.93. The Morgan fingerprint density at radius 3 is 2.68 bits per heavy atom. The highest BCUT2D eigenvalue weighted by Crippen LogP contribution is 2.44. The van der Waals surface area contributed by atoms with E-state index in [9.17, 15) is 13.6 Å². The highest BCUT2D eigenvalue weighted by molar-refractivity contribution is 7.08. The van der Waals surface area contributed by atoms with Crippen LogP contribution in [0.2, 0.25) is 0 Å². The van der Waals surface area contributed by atoms with Gasteiger partial charge in [-0.15, -0.1) is 13.9 Å². The van der Waals surface area contributed by atoms with Crippen molar-refractivity contribution < 1.29 is 23.0 Å². The molecule has 0 fully saturated rings. The van der Waals surface area contributed by atoms with Crippen LogP contribution in [-0.4, -0.2) is 26.8 Å². The molecule has 7 nitrogen and oxygen atoms in total. The topological polar surface area (TPSA) is 86.2 Å². The number of ether oxygens (including phenoxy) is 2. The quantitative estimate of drug-likeness (QED) is 0.706. The summed E-state index contributed by atoms with van der Waals surface area (Å²) in [6.07, 6.45) is -1.51. The summed E-state index contributed by atoms with van der Waals surface area (Å²) >= 11 is 1.03. The molecule has 0 saturated carbocycles. The number of carbonyl (C=O) groups excluding carboxylic acids is 1. The Morgan fingerprint density at radius 1 is 1.25 bits per heavy atom. The average Bonchev–Trinajstić information content (AvgIpc) is 3.24. The number of aromatic nitrogens is 3. The lowest BCUT2D eigenvalue weighted by atomic mass is 10.0. The largest absolute Gasteiger partial charge is 0.586 e. The monoisotopic (exact) mass is 404 g/mol. The number of hydrogen-bond donors (Lipinski definition) is 1. The zero-order chi connectivity index (χ0) is 19.9. The number of halogens is 2. The van der Waals surface area contributed by atoms with Gasteiger partial charge in [0.25, 0.3) is 5.91 Å². The average molecular weight is 404 g/mol. The number of alkyl halides is 2. The van der Waals surface area contributed by atoms with Crippen LogP contribution in [0.25, 0.3) is 11.1 Å². The van der Waals surface area contributed by atoms with Crippen LogP contribution in [0.1, 0.15) is 27.9 Å². The summed E-state index contributed by atoms with van der Waals surface area (Å²) in [5.41, 5.74) is 2.71. The van der Waals surface area contributed by atoms with Gasteiger partial charge in [0, 0.05) is 11.8 Å². The molecule has 3 heterocycles. The van der Waals surface area contributed by atoms with Crippen molar-refractivity contribution in [2.75, 3.05) is 5.32 Å². The Kier molecular flexibility index (Phi) is 4.42. The van der Waals surface area contributed by atoms with Crippen molar-refractivity contribution in [2.45, 2.75) is 26.6 Å². The predicted molar refractivity (Wildman–Crippen MR) is 97.9 cm³/mol. The molecule has 4 rings (SSSR count). The first kappa shape index (κ1) is 18.2. The minimum absolute atomic E-state index is 0.00649. The lowest BCUT2D eigenvalue weighted by molar-refractivity contribution is -0.286. The normalized spacial score (nSPS) is 14.1. The number of fused-ring (bicyclic) bond motifs is 1. The third-order valence-electron chi connectivity index (χ3n) is 4.16. The molecule has 2 aromatic heterocycles. The van der Waals surface area contributed by atoms with Gasteiger partial charge < -0.3 is 14.8 Å². The zero-order valence-electron chi connectivity index (χ0n) is 14.8. The highest BCUT2D eigenvalue weighted by atomic mass is 32.1. The Balaban J connectivity index is 1.55. The molecule has 0 bridgehead atoms. The third kappa shape index (κ3) is 3.38. The van der Waals surface area contributed by atoms with Crippen LogP contribution in [0.3, 0.4) is 0 Å². The number of rotatable bonds is 4. The van der Waals surface area contributed by atoms with Crippen LogP contribution in [-0.2, 0) is 6.42 Å². The van der Waals surface area contributed by atoms with Crippen molar-refractivity contribution in [2.24, 2.45) is 0 Å². The molecule has 0 radical (unpaired) electrons. The maximum absolute atomic E-state index is 13.2. The summed E-state index contributed by atoms with van der Waals surface area (Å²) in [4.78, 5) is 17.0. The molecular formula is C18H14F2N4O3S. The van der Waals surface area contributed by atoms with Crippen LogP contribution in [0.4, 0.5) is 14.6 Å². The fourth-order valence-corrected chi connectivity index (χ4v) is 3.47. The van der Waals surface area contributed by atoms with Gasteiger partial charge in [-0.05, 0) is 60.3 Å². The van der Waals surface area contributed by atoms with Crippen LogP contribution in [0.15, 0.2) is 30.5 Å². The zero-order valence-corrected chi connectivity index (χ0v) is 15.6. The molecule has 144 valence electrons. The summed E-state index contributed by atoms with van der Waals surface area (Å²) in [6, 6.07) is 6.34. The van der Waals surface area contributed by atoms with E-state index in [1.807, 2.05) is 6.92 Å². The van der Waals surface area contributed by atoms with Gasteiger partial charge in [0.2, 0.25) is 0 Å². The lowest BCUT2D eigenvalue weighted by Gasteiger charge is -2.09. The molecule has 0 unspecified atom stereocenters. The number of amides is 1. The molecule has 28 heavy (non-hydrogen) atoms. The number of benzene rings is 1. The molecule has 1 N–H and O–H groups in total. The van der Waals surface area contributed by atoms with E-state index in [1.54, 1.807) is 25.3 Å². The maximum atomic E-state index is 13.2. The van der Waals surface area contributed by atoms with Crippen molar-refractivity contribution in [3.05, 3.63) is 46.6 Å².